The van der Waals surface area contributed by atoms with Gasteiger partial charge in [-0.3, -0.25) is 9.59 Å². The molecule has 8 nitrogen and oxygen atoms in total. The number of amides is 1. The normalized spacial score (nSPS) is 14.7. The molecule has 0 atom stereocenters. The van der Waals surface area contributed by atoms with Crippen LogP contribution in [-0.2, 0) is 26.2 Å². The minimum atomic E-state index is -4.06. The summed E-state index contributed by atoms with van der Waals surface area (Å²) in [5.41, 5.74) is 1.23. The zero-order valence-corrected chi connectivity index (χ0v) is 16.2. The van der Waals surface area contributed by atoms with Gasteiger partial charge in [0.25, 0.3) is 15.9 Å². The van der Waals surface area contributed by atoms with E-state index in [2.05, 4.69) is 4.98 Å². The van der Waals surface area contributed by atoms with Gasteiger partial charge in [-0.1, -0.05) is 30.3 Å². The molecule has 2 heterocycles. The Kier molecular flexibility index (Phi) is 4.67. The predicted molar refractivity (Wildman–Crippen MR) is 101 cm³/mol. The van der Waals surface area contributed by atoms with E-state index in [0.717, 1.165) is 5.56 Å². The van der Waals surface area contributed by atoms with Crippen LogP contribution < -0.4 is 0 Å². The van der Waals surface area contributed by atoms with Gasteiger partial charge in [-0.05, 0) is 31.2 Å². The highest BCUT2D eigenvalue weighted by Crippen LogP contribution is 2.29. The summed E-state index contributed by atoms with van der Waals surface area (Å²) in [6.07, 6.45) is 0. The standard InChI is InChI=1S/C20H16N2O6S/c1-13-16(21-19(28-13)14-7-3-2-4-8-14)12-27-18(23)11-22-20(24)15-9-5-6-10-17(15)29(22,25)26/h2-10H,11-12H2,1H3. The zero-order valence-electron chi connectivity index (χ0n) is 15.4. The minimum absolute atomic E-state index is 0.0418. The van der Waals surface area contributed by atoms with Crippen molar-refractivity contribution < 1.29 is 27.2 Å². The number of hydrogen-bond donors (Lipinski definition) is 0. The van der Waals surface area contributed by atoms with Crippen molar-refractivity contribution in [1.82, 2.24) is 9.29 Å². The summed E-state index contributed by atoms with van der Waals surface area (Å²) >= 11 is 0. The minimum Gasteiger partial charge on any atom is -0.458 e. The SMILES string of the molecule is Cc1oc(-c2ccccc2)nc1COC(=O)CN1C(=O)c2ccccc2S1(=O)=O. The van der Waals surface area contributed by atoms with E-state index in [1.807, 2.05) is 30.3 Å². The summed E-state index contributed by atoms with van der Waals surface area (Å²) in [5, 5.41) is 0. The largest absolute Gasteiger partial charge is 0.458 e. The lowest BCUT2D eigenvalue weighted by Crippen LogP contribution is -2.35. The number of hydrogen-bond acceptors (Lipinski definition) is 7. The van der Waals surface area contributed by atoms with Gasteiger partial charge in [0.1, 0.15) is 29.5 Å². The predicted octanol–water partition coefficient (Wildman–Crippen LogP) is 2.54. The highest BCUT2D eigenvalue weighted by molar-refractivity contribution is 7.90. The molecule has 1 amide bonds. The molecular weight excluding hydrogens is 396 g/mol. The summed E-state index contributed by atoms with van der Waals surface area (Å²) in [7, 11) is -4.06. The molecule has 1 aliphatic heterocycles. The molecule has 0 saturated heterocycles. The fraction of sp³-hybridized carbons (Fsp3) is 0.150. The Hall–Kier alpha value is -3.46. The molecule has 4 rings (SSSR count). The second-order valence-corrected chi connectivity index (χ2v) is 8.19. The van der Waals surface area contributed by atoms with Crippen LogP contribution in [0.25, 0.3) is 11.5 Å². The lowest BCUT2D eigenvalue weighted by atomic mass is 10.2. The Morgan fingerprint density at radius 3 is 2.52 bits per heavy atom. The van der Waals surface area contributed by atoms with Crippen molar-refractivity contribution >= 4 is 21.9 Å². The topological polar surface area (TPSA) is 107 Å². The van der Waals surface area contributed by atoms with E-state index in [-0.39, 0.29) is 17.1 Å². The smallest absolute Gasteiger partial charge is 0.327 e. The maximum absolute atomic E-state index is 12.5. The Bertz CT molecular complexity index is 1200. The number of esters is 1. The highest BCUT2D eigenvalue weighted by Gasteiger charge is 2.42. The third kappa shape index (κ3) is 3.40. The van der Waals surface area contributed by atoms with E-state index in [1.54, 1.807) is 13.0 Å². The van der Waals surface area contributed by atoms with Crippen LogP contribution in [0.3, 0.4) is 0 Å². The summed E-state index contributed by atoms with van der Waals surface area (Å²) in [4.78, 5) is 28.8. The second kappa shape index (κ2) is 7.17. The molecule has 9 heteroatoms. The third-order valence-corrected chi connectivity index (χ3v) is 6.26. The molecule has 0 radical (unpaired) electrons. The van der Waals surface area contributed by atoms with Crippen LogP contribution in [0.15, 0.2) is 63.9 Å². The number of rotatable bonds is 5. The molecule has 148 valence electrons. The van der Waals surface area contributed by atoms with Gasteiger partial charge in [-0.15, -0.1) is 0 Å². The molecule has 3 aromatic rings. The molecule has 0 aliphatic carbocycles. The van der Waals surface area contributed by atoms with Crippen LogP contribution in [0.4, 0.5) is 0 Å². The summed E-state index contributed by atoms with van der Waals surface area (Å²) in [6, 6.07) is 15.1. The number of sulfonamides is 1. The van der Waals surface area contributed by atoms with Crippen LogP contribution in [-0.4, -0.2) is 36.1 Å². The van der Waals surface area contributed by atoms with Crippen molar-refractivity contribution in [3.05, 3.63) is 71.6 Å². The fourth-order valence-electron chi connectivity index (χ4n) is 2.97. The van der Waals surface area contributed by atoms with Crippen molar-refractivity contribution in [2.45, 2.75) is 18.4 Å². The van der Waals surface area contributed by atoms with Crippen molar-refractivity contribution in [2.75, 3.05) is 6.54 Å². The Morgan fingerprint density at radius 2 is 1.79 bits per heavy atom. The summed E-state index contributed by atoms with van der Waals surface area (Å²) in [6.45, 7) is 0.780. The third-order valence-electron chi connectivity index (χ3n) is 4.47. The van der Waals surface area contributed by atoms with Gasteiger partial charge in [0.2, 0.25) is 5.89 Å². The molecule has 0 fully saturated rings. The molecule has 0 unspecified atom stereocenters. The van der Waals surface area contributed by atoms with Crippen LogP contribution in [0, 0.1) is 6.92 Å². The Labute approximate surface area is 166 Å². The van der Waals surface area contributed by atoms with Crippen molar-refractivity contribution in [3.8, 4) is 11.5 Å². The maximum Gasteiger partial charge on any atom is 0.327 e. The van der Waals surface area contributed by atoms with Gasteiger partial charge in [-0.2, -0.15) is 0 Å². The van der Waals surface area contributed by atoms with Crippen molar-refractivity contribution in [1.29, 1.82) is 0 Å². The molecule has 0 N–H and O–H groups in total. The molecule has 1 aliphatic rings. The number of carbonyl (C=O) groups is 2. The quantitative estimate of drug-likeness (QED) is 0.593. The first-order chi connectivity index (χ1) is 13.9. The molecule has 29 heavy (non-hydrogen) atoms. The van der Waals surface area contributed by atoms with Crippen LogP contribution >= 0.6 is 0 Å². The van der Waals surface area contributed by atoms with Crippen molar-refractivity contribution in [3.63, 3.8) is 0 Å². The molecule has 2 aromatic carbocycles. The molecule has 0 saturated carbocycles. The monoisotopic (exact) mass is 412 g/mol. The van der Waals surface area contributed by atoms with Crippen LogP contribution in [0.1, 0.15) is 21.8 Å². The number of nitrogens with zero attached hydrogens (tertiary/aromatic N) is 2. The number of fused-ring (bicyclic) bond motifs is 1. The van der Waals surface area contributed by atoms with Gasteiger partial charge in [0, 0.05) is 5.56 Å². The van der Waals surface area contributed by atoms with E-state index in [9.17, 15) is 18.0 Å². The fourth-order valence-corrected chi connectivity index (χ4v) is 4.48. The van der Waals surface area contributed by atoms with E-state index in [0.29, 0.717) is 21.7 Å². The average molecular weight is 412 g/mol. The number of aromatic nitrogens is 1. The van der Waals surface area contributed by atoms with Gasteiger partial charge in [-0.25, -0.2) is 17.7 Å². The zero-order chi connectivity index (χ0) is 20.6. The van der Waals surface area contributed by atoms with E-state index in [4.69, 9.17) is 9.15 Å². The first-order valence-corrected chi connectivity index (χ1v) is 10.2. The van der Waals surface area contributed by atoms with Crippen molar-refractivity contribution in [2.24, 2.45) is 0 Å². The van der Waals surface area contributed by atoms with E-state index in [1.165, 1.54) is 18.2 Å². The van der Waals surface area contributed by atoms with Crippen LogP contribution in [0.5, 0.6) is 0 Å². The Balaban J connectivity index is 1.44. The van der Waals surface area contributed by atoms with Crippen LogP contribution in [0.2, 0.25) is 0 Å². The maximum atomic E-state index is 12.5. The molecule has 1 aromatic heterocycles. The molecule has 0 spiro atoms. The number of carbonyl (C=O) groups excluding carboxylic acids is 2. The second-order valence-electron chi connectivity index (χ2n) is 6.36. The summed E-state index contributed by atoms with van der Waals surface area (Å²) < 4.78 is 36.2. The lowest BCUT2D eigenvalue weighted by molar-refractivity contribution is -0.144. The lowest BCUT2D eigenvalue weighted by Gasteiger charge is -2.13. The molecular formula is C20H16N2O6S. The number of ether oxygens (including phenoxy) is 1. The average Bonchev–Trinajstić information content (AvgIpc) is 3.18. The number of benzene rings is 2. The van der Waals surface area contributed by atoms with Gasteiger partial charge in [0.15, 0.2) is 0 Å². The van der Waals surface area contributed by atoms with Gasteiger partial charge >= 0.3 is 5.97 Å². The van der Waals surface area contributed by atoms with E-state index >= 15 is 0 Å². The number of aryl methyl sites for hydroxylation is 1. The van der Waals surface area contributed by atoms with Gasteiger partial charge in [0.05, 0.1) is 5.56 Å². The highest BCUT2D eigenvalue weighted by atomic mass is 32.2. The summed E-state index contributed by atoms with van der Waals surface area (Å²) in [5.74, 6) is -0.740. The first kappa shape index (κ1) is 18.9. The number of oxazole rings is 1. The van der Waals surface area contributed by atoms with E-state index < -0.39 is 28.4 Å². The molecule has 0 bridgehead atoms. The Morgan fingerprint density at radius 1 is 1.10 bits per heavy atom. The first-order valence-electron chi connectivity index (χ1n) is 8.71. The van der Waals surface area contributed by atoms with Gasteiger partial charge < -0.3 is 9.15 Å².